The van der Waals surface area contributed by atoms with Crippen LogP contribution in [0.5, 0.6) is 0 Å². The van der Waals surface area contributed by atoms with Gasteiger partial charge in [0.1, 0.15) is 5.82 Å². The van der Waals surface area contributed by atoms with Crippen molar-refractivity contribution >= 4 is 23.4 Å². The number of halogens is 1. The first kappa shape index (κ1) is 17.1. The number of nitrogens with one attached hydrogen (secondary N) is 2. The molecular weight excluding hydrogens is 321 g/mol. The smallest absolute Gasteiger partial charge is 0.248 e. The molecule has 1 aromatic carbocycles. The average molecular weight is 341 g/mol. The zero-order valence-corrected chi connectivity index (χ0v) is 13.7. The zero-order chi connectivity index (χ0) is 17.5. The fourth-order valence-electron chi connectivity index (χ4n) is 2.60. The molecular formula is C19H20FN3O2. The lowest BCUT2D eigenvalue weighted by atomic mass is 10.2. The molecule has 2 heterocycles. The zero-order valence-electron chi connectivity index (χ0n) is 13.7. The van der Waals surface area contributed by atoms with Crippen LogP contribution >= 0.6 is 0 Å². The van der Waals surface area contributed by atoms with Gasteiger partial charge in [-0.3, -0.25) is 9.78 Å². The van der Waals surface area contributed by atoms with Crippen LogP contribution in [0, 0.1) is 5.82 Å². The number of hydrogen-bond acceptors (Lipinski definition) is 4. The van der Waals surface area contributed by atoms with Crippen molar-refractivity contribution in [3.63, 3.8) is 0 Å². The van der Waals surface area contributed by atoms with E-state index in [1.807, 2.05) is 6.07 Å². The summed E-state index contributed by atoms with van der Waals surface area (Å²) in [6, 6.07) is 8.20. The third-order valence-electron chi connectivity index (χ3n) is 3.89. The molecule has 6 heteroatoms. The van der Waals surface area contributed by atoms with Crippen molar-refractivity contribution in [2.45, 2.75) is 18.9 Å². The van der Waals surface area contributed by atoms with Gasteiger partial charge in [0.15, 0.2) is 0 Å². The highest BCUT2D eigenvalue weighted by Crippen LogP contribution is 2.20. The van der Waals surface area contributed by atoms with Crippen LogP contribution < -0.4 is 10.6 Å². The Balaban J connectivity index is 1.54. The van der Waals surface area contributed by atoms with E-state index in [4.69, 9.17) is 4.74 Å². The maximum absolute atomic E-state index is 14.1. The fraction of sp³-hybridized carbons (Fsp3) is 0.263. The van der Waals surface area contributed by atoms with Crippen molar-refractivity contribution in [1.82, 2.24) is 4.98 Å². The Labute approximate surface area is 145 Å². The second-order valence-corrected chi connectivity index (χ2v) is 5.82. The van der Waals surface area contributed by atoms with Gasteiger partial charge in [0, 0.05) is 37.3 Å². The Bertz CT molecular complexity index is 744. The summed E-state index contributed by atoms with van der Waals surface area (Å²) in [5.41, 5.74) is 1.62. The molecule has 1 fully saturated rings. The third kappa shape index (κ3) is 5.12. The monoisotopic (exact) mass is 341 g/mol. The number of anilines is 2. The Morgan fingerprint density at radius 2 is 2.32 bits per heavy atom. The number of carbonyl (C=O) groups excluding carboxylic acids is 1. The molecule has 0 unspecified atom stereocenters. The molecule has 1 aliphatic heterocycles. The van der Waals surface area contributed by atoms with Gasteiger partial charge in [-0.1, -0.05) is 6.07 Å². The van der Waals surface area contributed by atoms with Gasteiger partial charge in [-0.15, -0.1) is 0 Å². The highest BCUT2D eigenvalue weighted by Gasteiger charge is 2.15. The molecule has 130 valence electrons. The van der Waals surface area contributed by atoms with Crippen LogP contribution in [0.4, 0.5) is 15.8 Å². The molecule has 1 atom stereocenters. The molecule has 3 rings (SSSR count). The summed E-state index contributed by atoms with van der Waals surface area (Å²) in [6.45, 7) is 1.35. The minimum absolute atomic E-state index is 0.136. The lowest BCUT2D eigenvalue weighted by molar-refractivity contribution is -0.111. The average Bonchev–Trinajstić information content (AvgIpc) is 3.14. The fourth-order valence-corrected chi connectivity index (χ4v) is 2.60. The van der Waals surface area contributed by atoms with Gasteiger partial charge in [-0.05, 0) is 48.7 Å². The number of amides is 1. The second-order valence-electron chi connectivity index (χ2n) is 5.82. The number of carbonyl (C=O) groups is 1. The molecule has 5 nitrogen and oxygen atoms in total. The maximum Gasteiger partial charge on any atom is 0.248 e. The lowest BCUT2D eigenvalue weighted by Gasteiger charge is -2.13. The Hall–Kier alpha value is -2.73. The summed E-state index contributed by atoms with van der Waals surface area (Å²) in [4.78, 5) is 15.9. The second kappa shape index (κ2) is 8.39. The largest absolute Gasteiger partial charge is 0.380 e. The number of benzene rings is 1. The van der Waals surface area contributed by atoms with Gasteiger partial charge < -0.3 is 15.4 Å². The van der Waals surface area contributed by atoms with Crippen molar-refractivity contribution in [3.05, 3.63) is 60.2 Å². The topological polar surface area (TPSA) is 63.2 Å². The van der Waals surface area contributed by atoms with Crippen LogP contribution in [-0.4, -0.2) is 30.1 Å². The molecule has 0 bridgehead atoms. The number of pyridine rings is 1. The molecule has 1 amide bonds. The van der Waals surface area contributed by atoms with Gasteiger partial charge in [0.25, 0.3) is 0 Å². The third-order valence-corrected chi connectivity index (χ3v) is 3.89. The number of aromatic nitrogens is 1. The summed E-state index contributed by atoms with van der Waals surface area (Å²) in [6.07, 6.45) is 8.52. The molecule has 0 aliphatic carbocycles. The summed E-state index contributed by atoms with van der Waals surface area (Å²) in [5, 5.41) is 5.69. The molecule has 1 aliphatic rings. The van der Waals surface area contributed by atoms with E-state index < -0.39 is 5.82 Å². The summed E-state index contributed by atoms with van der Waals surface area (Å²) < 4.78 is 19.6. The van der Waals surface area contributed by atoms with Crippen LogP contribution in [-0.2, 0) is 9.53 Å². The standard InChI is InChI=1S/C19H20FN3O2/c20-17-11-15(6-7-18(17)22-13-16-4-2-10-25-16)23-19(24)8-5-14-3-1-9-21-12-14/h1,3,5-9,11-12,16,22H,2,4,10,13H2,(H,23,24)/b8-5+/t16-/m0/s1. The van der Waals surface area contributed by atoms with Gasteiger partial charge >= 0.3 is 0 Å². The van der Waals surface area contributed by atoms with E-state index in [2.05, 4.69) is 15.6 Å². The molecule has 1 saturated heterocycles. The van der Waals surface area contributed by atoms with E-state index in [0.29, 0.717) is 17.9 Å². The van der Waals surface area contributed by atoms with Crippen molar-refractivity contribution in [1.29, 1.82) is 0 Å². The van der Waals surface area contributed by atoms with Crippen molar-refractivity contribution < 1.29 is 13.9 Å². The lowest BCUT2D eigenvalue weighted by Crippen LogP contribution is -2.19. The number of rotatable bonds is 6. The molecule has 2 N–H and O–H groups in total. The van der Waals surface area contributed by atoms with Gasteiger partial charge in [0.05, 0.1) is 11.8 Å². The van der Waals surface area contributed by atoms with Crippen LogP contribution in [0.15, 0.2) is 48.8 Å². The number of hydrogen-bond donors (Lipinski definition) is 2. The highest BCUT2D eigenvalue weighted by atomic mass is 19.1. The van der Waals surface area contributed by atoms with Gasteiger partial charge in [0.2, 0.25) is 5.91 Å². The van der Waals surface area contributed by atoms with Crippen LogP contribution in [0.25, 0.3) is 6.08 Å². The van der Waals surface area contributed by atoms with E-state index in [1.54, 1.807) is 36.7 Å². The quantitative estimate of drug-likeness (QED) is 0.790. The van der Waals surface area contributed by atoms with Crippen molar-refractivity contribution in [2.75, 3.05) is 23.8 Å². The van der Waals surface area contributed by atoms with Crippen LogP contribution in [0.2, 0.25) is 0 Å². The van der Waals surface area contributed by atoms with Gasteiger partial charge in [-0.2, -0.15) is 0 Å². The minimum Gasteiger partial charge on any atom is -0.380 e. The maximum atomic E-state index is 14.1. The Morgan fingerprint density at radius 1 is 1.40 bits per heavy atom. The SMILES string of the molecule is O=C(/C=C/c1cccnc1)Nc1ccc(NC[C@@H]2CCCO2)c(F)c1. The Morgan fingerprint density at radius 3 is 3.04 bits per heavy atom. The molecule has 2 aromatic rings. The minimum atomic E-state index is -0.410. The first-order valence-corrected chi connectivity index (χ1v) is 8.25. The molecule has 1 aromatic heterocycles. The summed E-state index contributed by atoms with van der Waals surface area (Å²) >= 11 is 0. The van der Waals surface area contributed by atoms with E-state index >= 15 is 0 Å². The van der Waals surface area contributed by atoms with Crippen molar-refractivity contribution in [3.8, 4) is 0 Å². The Kier molecular flexibility index (Phi) is 5.74. The van der Waals surface area contributed by atoms with Crippen LogP contribution in [0.3, 0.4) is 0 Å². The molecule has 0 saturated carbocycles. The van der Waals surface area contributed by atoms with E-state index in [9.17, 15) is 9.18 Å². The molecule has 0 spiro atoms. The summed E-state index contributed by atoms with van der Waals surface area (Å²) in [5.74, 6) is -0.740. The molecule has 0 radical (unpaired) electrons. The predicted octanol–water partition coefficient (Wildman–Crippen LogP) is 3.46. The first-order valence-electron chi connectivity index (χ1n) is 8.25. The van der Waals surface area contributed by atoms with E-state index in [1.165, 1.54) is 12.1 Å². The van der Waals surface area contributed by atoms with Gasteiger partial charge in [-0.25, -0.2) is 4.39 Å². The van der Waals surface area contributed by atoms with E-state index in [0.717, 1.165) is 25.0 Å². The summed E-state index contributed by atoms with van der Waals surface area (Å²) in [7, 11) is 0. The highest BCUT2D eigenvalue weighted by molar-refractivity contribution is 6.01. The van der Waals surface area contributed by atoms with E-state index in [-0.39, 0.29) is 12.0 Å². The molecule has 25 heavy (non-hydrogen) atoms. The predicted molar refractivity (Wildman–Crippen MR) is 95.8 cm³/mol. The number of nitrogens with zero attached hydrogens (tertiary/aromatic N) is 1. The van der Waals surface area contributed by atoms with Crippen LogP contribution in [0.1, 0.15) is 18.4 Å². The van der Waals surface area contributed by atoms with Crippen molar-refractivity contribution in [2.24, 2.45) is 0 Å². The number of ether oxygens (including phenoxy) is 1. The first-order chi connectivity index (χ1) is 12.2. The normalized spacial score (nSPS) is 16.9.